The standard InChI is InChI=1S/C17H20N4O2/c1-23-14-8-6-13(7-9-14)20-16-10-15(18-11-19-16)17(22)21-12-4-2-3-5-12/h6-12H,2-5H2,1H3,(H,21,22)(H,18,19,20). The Morgan fingerprint density at radius 1 is 1.17 bits per heavy atom. The lowest BCUT2D eigenvalue weighted by Crippen LogP contribution is -2.33. The average Bonchev–Trinajstić information content (AvgIpc) is 3.09. The van der Waals surface area contributed by atoms with Gasteiger partial charge < -0.3 is 15.4 Å². The van der Waals surface area contributed by atoms with Crippen LogP contribution >= 0.6 is 0 Å². The smallest absolute Gasteiger partial charge is 0.270 e. The second-order valence-electron chi connectivity index (χ2n) is 5.60. The fourth-order valence-electron chi connectivity index (χ4n) is 2.70. The van der Waals surface area contributed by atoms with E-state index in [4.69, 9.17) is 4.74 Å². The number of carbonyl (C=O) groups excluding carboxylic acids is 1. The van der Waals surface area contributed by atoms with E-state index < -0.39 is 0 Å². The zero-order valence-corrected chi connectivity index (χ0v) is 13.1. The highest BCUT2D eigenvalue weighted by Crippen LogP contribution is 2.20. The van der Waals surface area contributed by atoms with Crippen LogP contribution in [0, 0.1) is 0 Å². The molecule has 1 saturated carbocycles. The Morgan fingerprint density at radius 3 is 2.61 bits per heavy atom. The van der Waals surface area contributed by atoms with Crippen molar-refractivity contribution < 1.29 is 9.53 Å². The molecule has 3 rings (SSSR count). The Kier molecular flexibility index (Phi) is 4.71. The first-order valence-corrected chi connectivity index (χ1v) is 7.78. The van der Waals surface area contributed by atoms with Gasteiger partial charge in [-0.25, -0.2) is 9.97 Å². The van der Waals surface area contributed by atoms with Crippen molar-refractivity contribution in [1.82, 2.24) is 15.3 Å². The normalized spacial score (nSPS) is 14.5. The molecule has 0 unspecified atom stereocenters. The van der Waals surface area contributed by atoms with Gasteiger partial charge in [-0.05, 0) is 37.1 Å². The van der Waals surface area contributed by atoms with Crippen molar-refractivity contribution in [2.24, 2.45) is 0 Å². The molecule has 1 aliphatic carbocycles. The predicted molar refractivity (Wildman–Crippen MR) is 88.0 cm³/mol. The zero-order valence-electron chi connectivity index (χ0n) is 13.1. The number of hydrogen-bond acceptors (Lipinski definition) is 5. The Morgan fingerprint density at radius 2 is 1.91 bits per heavy atom. The molecule has 0 bridgehead atoms. The van der Waals surface area contributed by atoms with Gasteiger partial charge in [0.15, 0.2) is 0 Å². The van der Waals surface area contributed by atoms with E-state index in [0.29, 0.717) is 11.5 Å². The third kappa shape index (κ3) is 3.97. The monoisotopic (exact) mass is 312 g/mol. The van der Waals surface area contributed by atoms with Gasteiger partial charge in [0.1, 0.15) is 23.6 Å². The van der Waals surface area contributed by atoms with Crippen LogP contribution in [0.5, 0.6) is 5.75 Å². The predicted octanol–water partition coefficient (Wildman–Crippen LogP) is 2.90. The van der Waals surface area contributed by atoms with Crippen molar-refractivity contribution in [2.45, 2.75) is 31.7 Å². The first kappa shape index (κ1) is 15.3. The second-order valence-corrected chi connectivity index (χ2v) is 5.60. The van der Waals surface area contributed by atoms with Crippen molar-refractivity contribution >= 4 is 17.4 Å². The molecular formula is C17H20N4O2. The number of benzene rings is 1. The molecule has 1 heterocycles. The van der Waals surface area contributed by atoms with Crippen LogP contribution in [0.1, 0.15) is 36.2 Å². The molecule has 0 saturated heterocycles. The maximum atomic E-state index is 12.2. The number of amides is 1. The highest BCUT2D eigenvalue weighted by Gasteiger charge is 2.18. The molecule has 2 N–H and O–H groups in total. The molecule has 1 amide bonds. The number of carbonyl (C=O) groups is 1. The van der Waals surface area contributed by atoms with E-state index >= 15 is 0 Å². The number of rotatable bonds is 5. The molecule has 1 aromatic heterocycles. The Bertz CT molecular complexity index is 667. The Balaban J connectivity index is 1.67. The summed E-state index contributed by atoms with van der Waals surface area (Å²) < 4.78 is 5.13. The molecule has 6 heteroatoms. The summed E-state index contributed by atoms with van der Waals surface area (Å²) in [5, 5.41) is 6.19. The quantitative estimate of drug-likeness (QED) is 0.888. The Hall–Kier alpha value is -2.63. The SMILES string of the molecule is COc1ccc(Nc2cc(C(=O)NC3CCCC3)ncn2)cc1. The number of nitrogens with one attached hydrogen (secondary N) is 2. The van der Waals surface area contributed by atoms with E-state index in [0.717, 1.165) is 24.3 Å². The number of anilines is 2. The van der Waals surface area contributed by atoms with E-state index in [1.54, 1.807) is 13.2 Å². The van der Waals surface area contributed by atoms with E-state index in [9.17, 15) is 4.79 Å². The van der Waals surface area contributed by atoms with Crippen LogP contribution in [0.3, 0.4) is 0 Å². The molecule has 0 aliphatic heterocycles. The number of methoxy groups -OCH3 is 1. The van der Waals surface area contributed by atoms with E-state index in [1.807, 2.05) is 24.3 Å². The molecule has 1 aromatic carbocycles. The lowest BCUT2D eigenvalue weighted by molar-refractivity contribution is 0.0932. The van der Waals surface area contributed by atoms with Gasteiger partial charge in [-0.3, -0.25) is 4.79 Å². The van der Waals surface area contributed by atoms with Crippen molar-refractivity contribution in [3.05, 3.63) is 42.4 Å². The van der Waals surface area contributed by atoms with Crippen LogP contribution in [0.2, 0.25) is 0 Å². The molecule has 6 nitrogen and oxygen atoms in total. The lowest BCUT2D eigenvalue weighted by atomic mass is 10.2. The van der Waals surface area contributed by atoms with Gasteiger partial charge in [0.2, 0.25) is 0 Å². The summed E-state index contributed by atoms with van der Waals surface area (Å²) in [5.74, 6) is 1.23. The minimum atomic E-state index is -0.142. The van der Waals surface area contributed by atoms with Gasteiger partial charge in [-0.2, -0.15) is 0 Å². The summed E-state index contributed by atoms with van der Waals surface area (Å²) >= 11 is 0. The zero-order chi connectivity index (χ0) is 16.1. The first-order chi connectivity index (χ1) is 11.2. The summed E-state index contributed by atoms with van der Waals surface area (Å²) in [7, 11) is 1.63. The van der Waals surface area contributed by atoms with Crippen LogP contribution in [0.25, 0.3) is 0 Å². The van der Waals surface area contributed by atoms with Crippen LogP contribution < -0.4 is 15.4 Å². The highest BCUT2D eigenvalue weighted by atomic mass is 16.5. The number of aromatic nitrogens is 2. The van der Waals surface area contributed by atoms with Gasteiger partial charge in [-0.1, -0.05) is 12.8 Å². The van der Waals surface area contributed by atoms with Crippen molar-refractivity contribution in [3.8, 4) is 5.75 Å². The molecule has 1 aliphatic rings. The maximum absolute atomic E-state index is 12.2. The van der Waals surface area contributed by atoms with Crippen LogP contribution in [0.15, 0.2) is 36.7 Å². The van der Waals surface area contributed by atoms with E-state index in [1.165, 1.54) is 19.2 Å². The summed E-state index contributed by atoms with van der Waals surface area (Å²) in [6.07, 6.45) is 5.86. The largest absolute Gasteiger partial charge is 0.497 e. The maximum Gasteiger partial charge on any atom is 0.270 e. The molecule has 0 radical (unpaired) electrons. The Labute approximate surface area is 135 Å². The molecule has 1 fully saturated rings. The number of hydrogen-bond donors (Lipinski definition) is 2. The number of nitrogens with zero attached hydrogens (tertiary/aromatic N) is 2. The lowest BCUT2D eigenvalue weighted by Gasteiger charge is -2.12. The van der Waals surface area contributed by atoms with Crippen LogP contribution in [-0.2, 0) is 0 Å². The van der Waals surface area contributed by atoms with Crippen LogP contribution in [0.4, 0.5) is 11.5 Å². The van der Waals surface area contributed by atoms with E-state index in [2.05, 4.69) is 20.6 Å². The summed E-state index contributed by atoms with van der Waals surface area (Å²) in [6.45, 7) is 0. The second kappa shape index (κ2) is 7.09. The van der Waals surface area contributed by atoms with Crippen LogP contribution in [-0.4, -0.2) is 29.0 Å². The van der Waals surface area contributed by atoms with Gasteiger partial charge in [0.05, 0.1) is 7.11 Å². The van der Waals surface area contributed by atoms with Crippen molar-refractivity contribution in [1.29, 1.82) is 0 Å². The third-order valence-electron chi connectivity index (χ3n) is 3.95. The molecular weight excluding hydrogens is 292 g/mol. The van der Waals surface area contributed by atoms with Crippen molar-refractivity contribution in [2.75, 3.05) is 12.4 Å². The molecule has 2 aromatic rings. The topological polar surface area (TPSA) is 76.1 Å². The number of ether oxygens (including phenoxy) is 1. The third-order valence-corrected chi connectivity index (χ3v) is 3.95. The van der Waals surface area contributed by atoms with Gasteiger partial charge in [0.25, 0.3) is 5.91 Å². The van der Waals surface area contributed by atoms with Gasteiger partial charge in [0, 0.05) is 17.8 Å². The first-order valence-electron chi connectivity index (χ1n) is 7.78. The molecule has 0 atom stereocenters. The van der Waals surface area contributed by atoms with E-state index in [-0.39, 0.29) is 11.9 Å². The molecule has 0 spiro atoms. The summed E-state index contributed by atoms with van der Waals surface area (Å²) in [5.41, 5.74) is 1.24. The van der Waals surface area contributed by atoms with Gasteiger partial charge in [-0.15, -0.1) is 0 Å². The minimum absolute atomic E-state index is 0.142. The van der Waals surface area contributed by atoms with Gasteiger partial charge >= 0.3 is 0 Å². The minimum Gasteiger partial charge on any atom is -0.497 e. The summed E-state index contributed by atoms with van der Waals surface area (Å²) in [6, 6.07) is 9.43. The fraction of sp³-hybridized carbons (Fsp3) is 0.353. The molecule has 23 heavy (non-hydrogen) atoms. The van der Waals surface area contributed by atoms with Crippen molar-refractivity contribution in [3.63, 3.8) is 0 Å². The molecule has 120 valence electrons. The summed E-state index contributed by atoms with van der Waals surface area (Å²) in [4.78, 5) is 20.5. The average molecular weight is 312 g/mol. The highest BCUT2D eigenvalue weighted by molar-refractivity contribution is 5.93. The fourth-order valence-corrected chi connectivity index (χ4v) is 2.70.